The summed E-state index contributed by atoms with van der Waals surface area (Å²) in [7, 11) is 0. The first kappa shape index (κ1) is 17.8. The van der Waals surface area contributed by atoms with Crippen LogP contribution in [-0.4, -0.2) is 14.4 Å². The number of nitrogens with two attached hydrogens (primary N) is 1. The number of pyridine rings is 2. The van der Waals surface area contributed by atoms with E-state index in [1.54, 1.807) is 12.4 Å². The van der Waals surface area contributed by atoms with Crippen LogP contribution in [0.25, 0.3) is 16.8 Å². The monoisotopic (exact) mass is 441 g/mol. The highest BCUT2D eigenvalue weighted by Gasteiger charge is 2.16. The summed E-state index contributed by atoms with van der Waals surface area (Å²) in [6.07, 6.45) is 5.33. The average Bonchev–Trinajstić information content (AvgIpc) is 3.05. The summed E-state index contributed by atoms with van der Waals surface area (Å²) in [5.74, 6) is 0.576. The molecule has 0 spiro atoms. The summed E-state index contributed by atoms with van der Waals surface area (Å²) in [5, 5.41) is 4.11. The Hall–Kier alpha value is -2.57. The van der Waals surface area contributed by atoms with Crippen LogP contribution >= 0.6 is 27.5 Å². The minimum Gasteiger partial charge on any atom is -0.384 e. The highest BCUT2D eigenvalue weighted by atomic mass is 79.9. The normalized spacial score (nSPS) is 11.1. The average molecular weight is 443 g/mol. The quantitative estimate of drug-likeness (QED) is 0.449. The number of imidazole rings is 1. The first-order chi connectivity index (χ1) is 13.0. The number of halogens is 2. The molecule has 3 aromatic heterocycles. The van der Waals surface area contributed by atoms with E-state index >= 15 is 0 Å². The Kier molecular flexibility index (Phi) is 4.76. The minimum absolute atomic E-state index is 0.576. The molecule has 0 aliphatic carbocycles. The van der Waals surface area contributed by atoms with Crippen LogP contribution in [0.4, 0.5) is 11.5 Å². The molecular formula is C20H17BrClN5. The fourth-order valence-corrected chi connectivity index (χ4v) is 3.84. The molecule has 0 atom stereocenters. The van der Waals surface area contributed by atoms with Crippen LogP contribution in [0.15, 0.2) is 59.6 Å². The fraction of sp³-hybridized carbons (Fsp3) is 0.100. The third-order valence-electron chi connectivity index (χ3n) is 4.39. The Labute approximate surface area is 170 Å². The molecule has 0 fully saturated rings. The molecule has 3 N–H and O–H groups in total. The summed E-state index contributed by atoms with van der Waals surface area (Å²) in [5.41, 5.74) is 12.0. The van der Waals surface area contributed by atoms with Gasteiger partial charge >= 0.3 is 0 Å². The van der Waals surface area contributed by atoms with Gasteiger partial charge in [0.15, 0.2) is 5.65 Å². The molecule has 0 bridgehead atoms. The van der Waals surface area contributed by atoms with Crippen molar-refractivity contribution in [1.29, 1.82) is 0 Å². The summed E-state index contributed by atoms with van der Waals surface area (Å²) < 4.78 is 2.65. The van der Waals surface area contributed by atoms with Crippen LogP contribution in [0.5, 0.6) is 0 Å². The zero-order valence-electron chi connectivity index (χ0n) is 14.6. The second-order valence-electron chi connectivity index (χ2n) is 6.29. The summed E-state index contributed by atoms with van der Waals surface area (Å²) >= 11 is 10.0. The Balaban J connectivity index is 1.84. The Morgan fingerprint density at radius 1 is 1.19 bits per heavy atom. The zero-order chi connectivity index (χ0) is 19.0. The molecule has 7 heteroatoms. The number of hydrogen-bond donors (Lipinski definition) is 2. The van der Waals surface area contributed by atoms with Gasteiger partial charge in [-0.25, -0.2) is 4.98 Å². The number of nitrogens with one attached hydrogen (secondary N) is 1. The van der Waals surface area contributed by atoms with Gasteiger partial charge in [0.25, 0.3) is 0 Å². The van der Waals surface area contributed by atoms with E-state index < -0.39 is 0 Å². The molecule has 4 rings (SSSR count). The molecule has 0 radical (unpaired) electrons. The van der Waals surface area contributed by atoms with Crippen molar-refractivity contribution in [3.05, 3.63) is 75.7 Å². The summed E-state index contributed by atoms with van der Waals surface area (Å²) in [6.45, 7) is 2.63. The van der Waals surface area contributed by atoms with Gasteiger partial charge in [0.05, 0.1) is 11.9 Å². The number of hydrogen-bond acceptors (Lipinski definition) is 4. The number of nitrogen functional groups attached to an aromatic ring is 1. The van der Waals surface area contributed by atoms with E-state index in [-0.39, 0.29) is 0 Å². The van der Waals surface area contributed by atoms with Gasteiger partial charge in [-0.15, -0.1) is 0 Å². The number of benzene rings is 1. The van der Waals surface area contributed by atoms with E-state index in [0.29, 0.717) is 17.4 Å². The van der Waals surface area contributed by atoms with Gasteiger partial charge in [0.2, 0.25) is 0 Å². The van der Waals surface area contributed by atoms with Gasteiger partial charge in [0.1, 0.15) is 10.4 Å². The standard InChI is InChI=1S/C20H17BrClN5/c1-12-4-5-14(16(22)7-12)15-8-17(25-10-13-3-2-6-24-9-13)20-26-11-18(21)27(20)19(15)23/h2-9,11,25H,10,23H2,1H3. The minimum atomic E-state index is 0.576. The van der Waals surface area contributed by atoms with Crippen molar-refractivity contribution in [2.45, 2.75) is 13.5 Å². The van der Waals surface area contributed by atoms with Crippen LogP contribution in [0, 0.1) is 6.92 Å². The summed E-state index contributed by atoms with van der Waals surface area (Å²) in [6, 6.07) is 11.9. The second-order valence-corrected chi connectivity index (χ2v) is 7.51. The molecule has 0 aliphatic rings. The van der Waals surface area contributed by atoms with Gasteiger partial charge in [-0.1, -0.05) is 29.8 Å². The molecule has 5 nitrogen and oxygen atoms in total. The molecule has 136 valence electrons. The maximum Gasteiger partial charge on any atom is 0.162 e. The van der Waals surface area contributed by atoms with Gasteiger partial charge in [-0.3, -0.25) is 9.38 Å². The number of aryl methyl sites for hydroxylation is 1. The van der Waals surface area contributed by atoms with Crippen molar-refractivity contribution in [1.82, 2.24) is 14.4 Å². The molecule has 0 saturated heterocycles. The van der Waals surface area contributed by atoms with Gasteiger partial charge in [0, 0.05) is 35.1 Å². The fourth-order valence-electron chi connectivity index (χ4n) is 3.04. The van der Waals surface area contributed by atoms with Crippen molar-refractivity contribution in [2.75, 3.05) is 11.1 Å². The second kappa shape index (κ2) is 7.21. The lowest BCUT2D eigenvalue weighted by Crippen LogP contribution is -2.06. The van der Waals surface area contributed by atoms with Crippen molar-refractivity contribution in [3.8, 4) is 11.1 Å². The lowest BCUT2D eigenvalue weighted by Gasteiger charge is -2.15. The molecule has 4 aromatic rings. The predicted octanol–water partition coefficient (Wildman–Crippen LogP) is 5.31. The van der Waals surface area contributed by atoms with E-state index in [0.717, 1.165) is 38.2 Å². The molecule has 27 heavy (non-hydrogen) atoms. The maximum absolute atomic E-state index is 6.51. The third-order valence-corrected chi connectivity index (χ3v) is 5.26. The van der Waals surface area contributed by atoms with Crippen molar-refractivity contribution in [2.24, 2.45) is 0 Å². The number of aromatic nitrogens is 3. The van der Waals surface area contributed by atoms with Crippen LogP contribution < -0.4 is 11.1 Å². The SMILES string of the molecule is Cc1ccc(-c2cc(NCc3cccnc3)c3ncc(Br)n3c2N)c(Cl)c1. The van der Waals surface area contributed by atoms with Gasteiger partial charge < -0.3 is 11.1 Å². The van der Waals surface area contributed by atoms with E-state index in [1.165, 1.54) is 0 Å². The number of nitrogens with zero attached hydrogens (tertiary/aromatic N) is 3. The largest absolute Gasteiger partial charge is 0.384 e. The lowest BCUT2D eigenvalue weighted by atomic mass is 10.0. The molecule has 0 saturated carbocycles. The number of anilines is 2. The lowest BCUT2D eigenvalue weighted by molar-refractivity contribution is 1.10. The van der Waals surface area contributed by atoms with Crippen LogP contribution in [-0.2, 0) is 6.54 Å². The van der Waals surface area contributed by atoms with E-state index in [9.17, 15) is 0 Å². The van der Waals surface area contributed by atoms with E-state index in [4.69, 9.17) is 17.3 Å². The first-order valence-electron chi connectivity index (χ1n) is 8.39. The summed E-state index contributed by atoms with van der Waals surface area (Å²) in [4.78, 5) is 8.64. The van der Waals surface area contributed by atoms with Crippen LogP contribution in [0.1, 0.15) is 11.1 Å². The van der Waals surface area contributed by atoms with Crippen molar-refractivity contribution in [3.63, 3.8) is 0 Å². The Bertz CT molecular complexity index is 1120. The van der Waals surface area contributed by atoms with E-state index in [1.807, 2.05) is 53.9 Å². The molecule has 0 unspecified atom stereocenters. The van der Waals surface area contributed by atoms with Crippen LogP contribution in [0.3, 0.4) is 0 Å². The van der Waals surface area contributed by atoms with Gasteiger partial charge in [-0.05, 0) is 52.2 Å². The van der Waals surface area contributed by atoms with Crippen molar-refractivity contribution >= 4 is 44.7 Å². The predicted molar refractivity (Wildman–Crippen MR) is 114 cm³/mol. The molecule has 0 aliphatic heterocycles. The Morgan fingerprint density at radius 3 is 2.78 bits per heavy atom. The number of rotatable bonds is 4. The Morgan fingerprint density at radius 2 is 2.04 bits per heavy atom. The van der Waals surface area contributed by atoms with Gasteiger partial charge in [-0.2, -0.15) is 0 Å². The van der Waals surface area contributed by atoms with E-state index in [2.05, 4.69) is 31.2 Å². The maximum atomic E-state index is 6.51. The third kappa shape index (κ3) is 3.38. The van der Waals surface area contributed by atoms with Crippen LogP contribution in [0.2, 0.25) is 5.02 Å². The highest BCUT2D eigenvalue weighted by Crippen LogP contribution is 2.37. The van der Waals surface area contributed by atoms with Crippen molar-refractivity contribution < 1.29 is 0 Å². The highest BCUT2D eigenvalue weighted by molar-refractivity contribution is 9.10. The molecule has 1 aromatic carbocycles. The smallest absolute Gasteiger partial charge is 0.162 e. The zero-order valence-corrected chi connectivity index (χ0v) is 16.9. The number of fused-ring (bicyclic) bond motifs is 1. The topological polar surface area (TPSA) is 68.2 Å². The molecular weight excluding hydrogens is 426 g/mol. The molecule has 0 amide bonds. The first-order valence-corrected chi connectivity index (χ1v) is 9.56. The molecule has 3 heterocycles.